The Morgan fingerprint density at radius 3 is 2.92 bits per heavy atom. The lowest BCUT2D eigenvalue weighted by Crippen LogP contribution is -2.54. The smallest absolute Gasteiger partial charge is 0.104 e. The number of nitrogens with zero attached hydrogens (tertiary/aromatic N) is 2. The first-order valence-electron chi connectivity index (χ1n) is 9.36. The molecule has 3 aliphatic heterocycles. The summed E-state index contributed by atoms with van der Waals surface area (Å²) in [6, 6.07) is 9.14. The van der Waals surface area contributed by atoms with E-state index in [1.165, 1.54) is 16.6 Å². The number of hydrogen-bond acceptors (Lipinski definition) is 3. The van der Waals surface area contributed by atoms with E-state index in [-0.39, 0.29) is 6.10 Å². The van der Waals surface area contributed by atoms with E-state index < -0.39 is 0 Å². The predicted molar refractivity (Wildman–Crippen MR) is 98.6 cm³/mol. The molecule has 132 valence electrons. The fourth-order valence-corrected chi connectivity index (χ4v) is 5.52. The van der Waals surface area contributed by atoms with Crippen LogP contribution in [0.2, 0.25) is 0 Å². The Bertz CT molecular complexity index is 853. The van der Waals surface area contributed by atoms with Crippen molar-refractivity contribution in [3.8, 4) is 0 Å². The fraction of sp³-hybridized carbons (Fsp3) is 0.524. The number of benzene rings is 1. The maximum Gasteiger partial charge on any atom is 0.104 e. The third-order valence-corrected chi connectivity index (χ3v) is 6.69. The number of para-hydroxylation sites is 1. The topological polar surface area (TPSA) is 26.6 Å². The number of allylic oxidation sites excluding steroid dienone is 1. The lowest BCUT2D eigenvalue weighted by atomic mass is 9.69. The van der Waals surface area contributed by atoms with Crippen LogP contribution in [0.1, 0.15) is 30.7 Å². The molecule has 1 aliphatic carbocycles. The molecule has 1 aromatic heterocycles. The van der Waals surface area contributed by atoms with Gasteiger partial charge in [0, 0.05) is 23.9 Å². The summed E-state index contributed by atoms with van der Waals surface area (Å²) in [7, 11) is 4.04. The second kappa shape index (κ2) is 5.61. The monoisotopic (exact) mass is 338 g/mol. The van der Waals surface area contributed by atoms with Gasteiger partial charge in [0.1, 0.15) is 13.2 Å². The highest BCUT2D eigenvalue weighted by atomic mass is 16.6. The van der Waals surface area contributed by atoms with E-state index in [9.17, 15) is 0 Å². The maximum absolute atomic E-state index is 6.40. The molecule has 0 N–H and O–H groups in total. The minimum Gasteiger partial charge on any atom is -0.417 e. The van der Waals surface area contributed by atoms with Gasteiger partial charge in [-0.2, -0.15) is 4.73 Å². The van der Waals surface area contributed by atoms with Gasteiger partial charge in [-0.3, -0.25) is 4.90 Å². The quantitative estimate of drug-likeness (QED) is 0.747. The summed E-state index contributed by atoms with van der Waals surface area (Å²) >= 11 is 0. The number of likely N-dealkylation sites (tertiary alicyclic amines) is 1. The zero-order valence-corrected chi connectivity index (χ0v) is 15.2. The highest BCUT2D eigenvalue weighted by molar-refractivity contribution is 5.85. The summed E-state index contributed by atoms with van der Waals surface area (Å²) < 4.78 is 8.42. The number of hydrogen-bond donors (Lipinski definition) is 0. The molecule has 4 heteroatoms. The maximum atomic E-state index is 6.40. The first kappa shape index (κ1) is 15.5. The molecule has 4 heterocycles. The molecule has 25 heavy (non-hydrogen) atoms. The molecule has 2 fully saturated rings. The molecular weight excluding hydrogens is 312 g/mol. The number of piperidine rings is 1. The van der Waals surface area contributed by atoms with Crippen molar-refractivity contribution in [3.63, 3.8) is 0 Å². The van der Waals surface area contributed by atoms with Crippen LogP contribution in [0.4, 0.5) is 0 Å². The summed E-state index contributed by atoms with van der Waals surface area (Å²) in [6.45, 7) is 4.13. The lowest BCUT2D eigenvalue weighted by molar-refractivity contribution is -0.0887. The van der Waals surface area contributed by atoms with Crippen LogP contribution in [-0.4, -0.2) is 43.0 Å². The van der Waals surface area contributed by atoms with Crippen molar-refractivity contribution in [1.82, 2.24) is 9.63 Å². The minimum atomic E-state index is 0.128. The Morgan fingerprint density at radius 2 is 2.12 bits per heavy atom. The molecule has 2 aromatic rings. The van der Waals surface area contributed by atoms with Gasteiger partial charge in [0.25, 0.3) is 0 Å². The summed E-state index contributed by atoms with van der Waals surface area (Å²) in [5.41, 5.74) is 5.40. The molecule has 0 radical (unpaired) electrons. The first-order valence-corrected chi connectivity index (χ1v) is 9.36. The minimum absolute atomic E-state index is 0.128. The van der Waals surface area contributed by atoms with Crippen LogP contribution in [0.5, 0.6) is 0 Å². The molecule has 0 saturated carbocycles. The van der Waals surface area contributed by atoms with Gasteiger partial charge in [0.15, 0.2) is 0 Å². The van der Waals surface area contributed by atoms with E-state index in [1.807, 2.05) is 4.73 Å². The van der Waals surface area contributed by atoms with E-state index in [4.69, 9.17) is 9.57 Å². The normalized spacial score (nSPS) is 33.3. The number of likely N-dealkylation sites (N-methyl/N-ethyl adjacent to an activating group) is 1. The van der Waals surface area contributed by atoms with Crippen molar-refractivity contribution in [2.24, 2.45) is 11.8 Å². The Labute approximate surface area is 149 Å². The van der Waals surface area contributed by atoms with Gasteiger partial charge in [-0.05, 0) is 44.4 Å². The van der Waals surface area contributed by atoms with E-state index in [0.29, 0.717) is 17.9 Å². The van der Waals surface area contributed by atoms with Crippen molar-refractivity contribution >= 4 is 10.9 Å². The molecule has 2 saturated heterocycles. The van der Waals surface area contributed by atoms with Crippen LogP contribution in [0, 0.1) is 11.8 Å². The molecule has 4 bridgehead atoms. The zero-order valence-electron chi connectivity index (χ0n) is 15.2. The van der Waals surface area contributed by atoms with E-state index in [1.54, 1.807) is 12.7 Å². The average Bonchev–Trinajstić information content (AvgIpc) is 2.94. The molecule has 0 amide bonds. The predicted octanol–water partition coefficient (Wildman–Crippen LogP) is 3.21. The summed E-state index contributed by atoms with van der Waals surface area (Å²) in [6.07, 6.45) is 4.62. The van der Waals surface area contributed by atoms with Crippen molar-refractivity contribution in [2.45, 2.75) is 31.9 Å². The molecular formula is C21H26N2O2. The summed E-state index contributed by atoms with van der Waals surface area (Å²) in [4.78, 5) is 8.36. The van der Waals surface area contributed by atoms with Gasteiger partial charge in [0.05, 0.1) is 17.8 Å². The van der Waals surface area contributed by atoms with E-state index >= 15 is 0 Å². The SMILES string of the molecule is C/C=C1\CN(C)[C@H]2Cc3c(n(OC)c4ccccc34)[C@@H]3C[C@H]1[C@H]2CO3. The molecule has 0 spiro atoms. The largest absolute Gasteiger partial charge is 0.417 e. The Hall–Kier alpha value is -1.78. The van der Waals surface area contributed by atoms with Crippen LogP contribution in [0.25, 0.3) is 10.9 Å². The molecule has 4 aliphatic rings. The molecule has 0 unspecified atom stereocenters. The summed E-state index contributed by atoms with van der Waals surface area (Å²) in [5, 5.41) is 1.32. The molecule has 4 atom stereocenters. The van der Waals surface area contributed by atoms with Gasteiger partial charge in [0.2, 0.25) is 0 Å². The van der Waals surface area contributed by atoms with Crippen LogP contribution >= 0.6 is 0 Å². The zero-order chi connectivity index (χ0) is 17.1. The Morgan fingerprint density at radius 1 is 1.28 bits per heavy atom. The second-order valence-electron chi connectivity index (χ2n) is 7.74. The number of aromatic nitrogens is 1. The first-order chi connectivity index (χ1) is 12.2. The van der Waals surface area contributed by atoms with Crippen molar-refractivity contribution in [1.29, 1.82) is 0 Å². The van der Waals surface area contributed by atoms with Crippen LogP contribution in [0.15, 0.2) is 35.9 Å². The number of rotatable bonds is 1. The van der Waals surface area contributed by atoms with Gasteiger partial charge in [-0.1, -0.05) is 29.8 Å². The molecule has 4 nitrogen and oxygen atoms in total. The van der Waals surface area contributed by atoms with Crippen LogP contribution in [-0.2, 0) is 11.2 Å². The third kappa shape index (κ3) is 2.07. The Balaban J connectivity index is 1.75. The van der Waals surface area contributed by atoms with Crippen molar-refractivity contribution < 1.29 is 9.57 Å². The average molecular weight is 338 g/mol. The van der Waals surface area contributed by atoms with Crippen molar-refractivity contribution in [3.05, 3.63) is 47.2 Å². The second-order valence-corrected chi connectivity index (χ2v) is 7.74. The van der Waals surface area contributed by atoms with E-state index in [2.05, 4.69) is 49.2 Å². The van der Waals surface area contributed by atoms with Gasteiger partial charge >= 0.3 is 0 Å². The van der Waals surface area contributed by atoms with E-state index in [0.717, 1.165) is 31.5 Å². The van der Waals surface area contributed by atoms with Crippen LogP contribution in [0.3, 0.4) is 0 Å². The Kier molecular flexibility index (Phi) is 3.47. The van der Waals surface area contributed by atoms with Crippen molar-refractivity contribution in [2.75, 3.05) is 27.3 Å². The highest BCUT2D eigenvalue weighted by Crippen LogP contribution is 2.49. The summed E-state index contributed by atoms with van der Waals surface area (Å²) in [5.74, 6) is 1.24. The molecule has 6 rings (SSSR count). The van der Waals surface area contributed by atoms with Crippen LogP contribution < -0.4 is 4.84 Å². The third-order valence-electron chi connectivity index (χ3n) is 6.69. The van der Waals surface area contributed by atoms with Gasteiger partial charge in [-0.25, -0.2) is 0 Å². The number of fused-ring (bicyclic) bond motifs is 2. The lowest BCUT2D eigenvalue weighted by Gasteiger charge is -2.51. The number of ether oxygens (including phenoxy) is 1. The fourth-order valence-electron chi connectivity index (χ4n) is 5.52. The van der Waals surface area contributed by atoms with Gasteiger partial charge in [-0.15, -0.1) is 0 Å². The van der Waals surface area contributed by atoms with Gasteiger partial charge < -0.3 is 9.57 Å². The standard InChI is InChI=1S/C21H26N2O2/c1-4-13-11-22(2)19-9-16-14-7-5-6-8-18(14)23(24-3)21(16)20-10-15(13)17(19)12-25-20/h4-8,15,17,19-20H,9-12H2,1-3H3/b13-4+/t15-,17-,19+,20+/m1/s1. The molecule has 1 aromatic carbocycles. The highest BCUT2D eigenvalue weighted by Gasteiger charge is 2.47.